The molecule has 2 unspecified atom stereocenters. The van der Waals surface area contributed by atoms with Crippen molar-refractivity contribution in [1.82, 2.24) is 15.3 Å². The maximum absolute atomic E-state index is 14.6. The van der Waals surface area contributed by atoms with E-state index in [2.05, 4.69) is 15.3 Å². The van der Waals surface area contributed by atoms with Crippen molar-refractivity contribution in [3.63, 3.8) is 0 Å². The first-order valence-electron chi connectivity index (χ1n) is 13.7. The fourth-order valence-corrected chi connectivity index (χ4v) is 5.70. The molecule has 228 valence electrons. The lowest BCUT2D eigenvalue weighted by Gasteiger charge is -2.36. The highest BCUT2D eigenvalue weighted by atomic mass is 35.5. The number of aliphatic hydroxyl groups is 1. The molecule has 2 fully saturated rings. The molecule has 1 aliphatic heterocycles. The molecule has 2 aliphatic rings. The van der Waals surface area contributed by atoms with Crippen molar-refractivity contribution in [3.8, 4) is 6.07 Å². The third-order valence-electron chi connectivity index (χ3n) is 7.63. The van der Waals surface area contributed by atoms with E-state index in [1.165, 1.54) is 36.5 Å². The summed E-state index contributed by atoms with van der Waals surface area (Å²) in [5, 5.41) is 22.7. The van der Waals surface area contributed by atoms with Crippen molar-refractivity contribution in [1.29, 1.82) is 5.26 Å². The van der Waals surface area contributed by atoms with Gasteiger partial charge in [0.25, 0.3) is 11.8 Å². The molecule has 14 heteroatoms. The predicted molar refractivity (Wildman–Crippen MR) is 152 cm³/mol. The van der Waals surface area contributed by atoms with Crippen LogP contribution in [0.25, 0.3) is 0 Å². The minimum Gasteiger partial charge on any atom is -0.383 e. The summed E-state index contributed by atoms with van der Waals surface area (Å²) in [6, 6.07) is 10.4. The molecule has 5 rings (SSSR count). The monoisotopic (exact) mass is 626 g/mol. The smallest absolute Gasteiger partial charge is 0.259 e. The quantitative estimate of drug-likeness (QED) is 0.403. The number of halogens is 4. The Morgan fingerprint density at radius 1 is 1.16 bits per heavy atom. The molecule has 1 saturated carbocycles. The van der Waals surface area contributed by atoms with E-state index in [1.54, 1.807) is 12.1 Å². The van der Waals surface area contributed by atoms with Gasteiger partial charge in [-0.2, -0.15) is 5.26 Å². The Hall–Kier alpha value is -4.54. The standard InChI is InChI=1S/C30H26ClF3N6O4/c31-22-7-2-1-6-21(22)25(26(42)37-18-8-11-30(33,34)12-9-18)39(20-5-3-4-17(32)14-20)27(43)23-15-24(41)28(44)40(23)29-36-13-10-19(16-35)38-29/h1-7,10,13-14,18,23-25,41H,8-9,11-12,15H2,(H,37,42)/t23?,24?,25-/m0/s1. The van der Waals surface area contributed by atoms with E-state index >= 15 is 0 Å². The summed E-state index contributed by atoms with van der Waals surface area (Å²) in [4.78, 5) is 51.5. The Morgan fingerprint density at radius 2 is 1.89 bits per heavy atom. The van der Waals surface area contributed by atoms with E-state index in [1.807, 2.05) is 6.07 Å². The van der Waals surface area contributed by atoms with E-state index < -0.39 is 73.0 Å². The van der Waals surface area contributed by atoms with Crippen molar-refractivity contribution in [2.75, 3.05) is 9.80 Å². The van der Waals surface area contributed by atoms with Crippen LogP contribution in [0.3, 0.4) is 0 Å². The van der Waals surface area contributed by atoms with Crippen LogP contribution in [0.15, 0.2) is 60.8 Å². The molecular formula is C30H26ClF3N6O4. The van der Waals surface area contributed by atoms with Gasteiger partial charge >= 0.3 is 0 Å². The predicted octanol–water partition coefficient (Wildman–Crippen LogP) is 4.08. The Labute approximate surface area is 255 Å². The number of amides is 3. The number of hydrogen-bond acceptors (Lipinski definition) is 7. The van der Waals surface area contributed by atoms with Gasteiger partial charge in [-0.05, 0) is 43.2 Å². The maximum Gasteiger partial charge on any atom is 0.259 e. The molecule has 2 N–H and O–H groups in total. The first-order chi connectivity index (χ1) is 21.0. The highest BCUT2D eigenvalue weighted by molar-refractivity contribution is 6.31. The van der Waals surface area contributed by atoms with Gasteiger partial charge in [0.15, 0.2) is 0 Å². The Kier molecular flexibility index (Phi) is 8.85. The van der Waals surface area contributed by atoms with Gasteiger partial charge in [0, 0.05) is 47.8 Å². The molecule has 3 amide bonds. The summed E-state index contributed by atoms with van der Waals surface area (Å²) >= 11 is 6.53. The number of nitrogens with zero attached hydrogens (tertiary/aromatic N) is 5. The van der Waals surface area contributed by atoms with Gasteiger partial charge in [0.2, 0.25) is 17.8 Å². The third-order valence-corrected chi connectivity index (χ3v) is 7.98. The van der Waals surface area contributed by atoms with Gasteiger partial charge < -0.3 is 10.4 Å². The maximum atomic E-state index is 14.6. The molecule has 10 nitrogen and oxygen atoms in total. The van der Waals surface area contributed by atoms with E-state index in [9.17, 15) is 37.9 Å². The zero-order valence-electron chi connectivity index (χ0n) is 23.0. The van der Waals surface area contributed by atoms with Gasteiger partial charge in [0.05, 0.1) is 0 Å². The second kappa shape index (κ2) is 12.6. The number of carbonyl (C=O) groups excluding carboxylic acids is 3. The summed E-state index contributed by atoms with van der Waals surface area (Å²) < 4.78 is 42.3. The molecule has 3 aromatic rings. The van der Waals surface area contributed by atoms with Crippen molar-refractivity contribution in [2.45, 2.75) is 62.3 Å². The third kappa shape index (κ3) is 6.36. The number of carbonyl (C=O) groups is 3. The number of alkyl halides is 2. The zero-order valence-corrected chi connectivity index (χ0v) is 23.8. The van der Waals surface area contributed by atoms with Gasteiger partial charge in [-0.1, -0.05) is 35.9 Å². The summed E-state index contributed by atoms with van der Waals surface area (Å²) in [5.74, 6) is -6.52. The average Bonchev–Trinajstić information content (AvgIpc) is 3.30. The molecule has 0 bridgehead atoms. The van der Waals surface area contributed by atoms with Gasteiger partial charge in [-0.15, -0.1) is 0 Å². The lowest BCUT2D eigenvalue weighted by Crippen LogP contribution is -2.53. The number of benzene rings is 2. The van der Waals surface area contributed by atoms with Crippen LogP contribution in [-0.4, -0.2) is 56.9 Å². The average molecular weight is 627 g/mol. The van der Waals surface area contributed by atoms with E-state index in [4.69, 9.17) is 11.6 Å². The van der Waals surface area contributed by atoms with Crippen molar-refractivity contribution < 1.29 is 32.7 Å². The normalized spacial score (nSPS) is 20.5. The minimum atomic E-state index is -2.85. The molecule has 0 spiro atoms. The van der Waals surface area contributed by atoms with Crippen LogP contribution in [0.5, 0.6) is 0 Å². The van der Waals surface area contributed by atoms with Crippen molar-refractivity contribution in [3.05, 3.63) is 82.9 Å². The summed E-state index contributed by atoms with van der Waals surface area (Å²) in [6.45, 7) is 0. The second-order valence-electron chi connectivity index (χ2n) is 10.6. The van der Waals surface area contributed by atoms with Gasteiger partial charge in [-0.3, -0.25) is 24.2 Å². The number of anilines is 2. The molecule has 1 aromatic heterocycles. The Balaban J connectivity index is 1.61. The summed E-state index contributed by atoms with van der Waals surface area (Å²) in [5.41, 5.74) is -0.0425. The number of aromatic nitrogens is 2. The lowest BCUT2D eigenvalue weighted by molar-refractivity contribution is -0.128. The summed E-state index contributed by atoms with van der Waals surface area (Å²) in [7, 11) is 0. The van der Waals surface area contributed by atoms with Gasteiger partial charge in [-0.25, -0.2) is 23.1 Å². The molecule has 3 atom stereocenters. The minimum absolute atomic E-state index is 0.00837. The zero-order chi connectivity index (χ0) is 31.6. The number of hydrogen-bond donors (Lipinski definition) is 2. The molecule has 44 heavy (non-hydrogen) atoms. The van der Waals surface area contributed by atoms with Crippen LogP contribution < -0.4 is 15.1 Å². The van der Waals surface area contributed by atoms with Crippen molar-refractivity contribution >= 4 is 41.0 Å². The van der Waals surface area contributed by atoms with E-state index in [0.29, 0.717) is 0 Å². The Morgan fingerprint density at radius 3 is 2.57 bits per heavy atom. The van der Waals surface area contributed by atoms with Crippen LogP contribution >= 0.6 is 11.6 Å². The largest absolute Gasteiger partial charge is 0.383 e. The topological polar surface area (TPSA) is 140 Å². The van der Waals surface area contributed by atoms with E-state index in [-0.39, 0.29) is 40.8 Å². The molecule has 2 heterocycles. The SMILES string of the molecule is N#Cc1ccnc(N2C(=O)C(O)CC2C(=O)N(c2cccc(F)c2)[C@H](C(=O)NC2CCC(F)(F)CC2)c2ccccc2Cl)n1. The van der Waals surface area contributed by atoms with Crippen LogP contribution in [-0.2, 0) is 14.4 Å². The Bertz CT molecular complexity index is 1630. The number of nitriles is 1. The summed E-state index contributed by atoms with van der Waals surface area (Å²) in [6.07, 6.45) is -1.75. The fourth-order valence-electron chi connectivity index (χ4n) is 5.46. The molecule has 1 aliphatic carbocycles. The first kappa shape index (κ1) is 30.9. The fraction of sp³-hybridized carbons (Fsp3) is 0.333. The molecule has 0 radical (unpaired) electrons. The molecule has 1 saturated heterocycles. The first-order valence-corrected chi connectivity index (χ1v) is 14.1. The number of rotatable bonds is 7. The second-order valence-corrected chi connectivity index (χ2v) is 11.0. The molecule has 2 aromatic carbocycles. The van der Waals surface area contributed by atoms with Crippen molar-refractivity contribution in [2.24, 2.45) is 0 Å². The van der Waals surface area contributed by atoms with Gasteiger partial charge in [0.1, 0.15) is 35.8 Å². The highest BCUT2D eigenvalue weighted by Crippen LogP contribution is 2.37. The number of nitrogens with one attached hydrogen (secondary N) is 1. The van der Waals surface area contributed by atoms with Crippen LogP contribution in [0.4, 0.5) is 24.8 Å². The van der Waals surface area contributed by atoms with Crippen LogP contribution in [0, 0.1) is 17.1 Å². The highest BCUT2D eigenvalue weighted by Gasteiger charge is 2.49. The number of aliphatic hydroxyl groups excluding tert-OH is 1. The van der Waals surface area contributed by atoms with E-state index in [0.717, 1.165) is 21.9 Å². The van der Waals surface area contributed by atoms with Crippen LogP contribution in [0.2, 0.25) is 5.02 Å². The van der Waals surface area contributed by atoms with Crippen LogP contribution in [0.1, 0.15) is 49.4 Å². The molecular weight excluding hydrogens is 601 g/mol. The lowest BCUT2D eigenvalue weighted by atomic mass is 9.91.